The Kier molecular flexibility index (Phi) is 8.15. The molecule has 7 nitrogen and oxygen atoms in total. The quantitative estimate of drug-likeness (QED) is 0.613. The van der Waals surface area contributed by atoms with E-state index in [2.05, 4.69) is 10.6 Å². The molecule has 168 valence electrons. The second kappa shape index (κ2) is 10.4. The molecule has 0 bridgehead atoms. The van der Waals surface area contributed by atoms with Crippen molar-refractivity contribution in [3.8, 4) is 0 Å². The standard InChI is InChI=1S/C22H28FN3O4S/c1-5-20(26(31(4,29)30)17-12-10-16(23)11-13-17)22(28)25-19-9-7-6-8-18(19)21(27)24-14-15(2)3/h6-13,15,20H,5,14H2,1-4H3,(H,24,27)(H,25,28). The molecule has 0 radical (unpaired) electrons. The average molecular weight is 450 g/mol. The number of hydrogen-bond donors (Lipinski definition) is 2. The number of anilines is 2. The Morgan fingerprint density at radius 2 is 1.68 bits per heavy atom. The van der Waals surface area contributed by atoms with Crippen molar-refractivity contribution in [3.05, 3.63) is 59.9 Å². The van der Waals surface area contributed by atoms with E-state index in [-0.39, 0.29) is 35.2 Å². The lowest BCUT2D eigenvalue weighted by molar-refractivity contribution is -0.117. The summed E-state index contributed by atoms with van der Waals surface area (Å²) in [6, 6.07) is 10.3. The fourth-order valence-corrected chi connectivity index (χ4v) is 4.26. The van der Waals surface area contributed by atoms with Crippen molar-refractivity contribution < 1.29 is 22.4 Å². The summed E-state index contributed by atoms with van der Waals surface area (Å²) < 4.78 is 39.3. The smallest absolute Gasteiger partial charge is 0.253 e. The van der Waals surface area contributed by atoms with Crippen LogP contribution in [0.3, 0.4) is 0 Å². The summed E-state index contributed by atoms with van der Waals surface area (Å²) in [5.74, 6) is -1.19. The van der Waals surface area contributed by atoms with E-state index < -0.39 is 27.8 Å². The molecule has 0 fully saturated rings. The van der Waals surface area contributed by atoms with Crippen molar-refractivity contribution in [2.45, 2.75) is 33.2 Å². The van der Waals surface area contributed by atoms with Crippen molar-refractivity contribution in [2.75, 3.05) is 22.4 Å². The minimum atomic E-state index is -3.85. The van der Waals surface area contributed by atoms with Gasteiger partial charge in [-0.3, -0.25) is 13.9 Å². The highest BCUT2D eigenvalue weighted by molar-refractivity contribution is 7.92. The maximum Gasteiger partial charge on any atom is 0.253 e. The molecule has 31 heavy (non-hydrogen) atoms. The van der Waals surface area contributed by atoms with E-state index in [1.807, 2.05) is 13.8 Å². The molecular weight excluding hydrogens is 421 g/mol. The lowest BCUT2D eigenvalue weighted by Crippen LogP contribution is -2.47. The van der Waals surface area contributed by atoms with Gasteiger partial charge in [0.15, 0.2) is 0 Å². The highest BCUT2D eigenvalue weighted by Crippen LogP contribution is 2.24. The summed E-state index contributed by atoms with van der Waals surface area (Å²) in [5.41, 5.74) is 0.729. The third-order valence-electron chi connectivity index (χ3n) is 4.51. The van der Waals surface area contributed by atoms with Gasteiger partial charge in [0, 0.05) is 6.54 Å². The molecule has 0 spiro atoms. The van der Waals surface area contributed by atoms with E-state index in [0.29, 0.717) is 6.54 Å². The van der Waals surface area contributed by atoms with Gasteiger partial charge < -0.3 is 10.6 Å². The number of hydrogen-bond acceptors (Lipinski definition) is 4. The van der Waals surface area contributed by atoms with Crippen LogP contribution in [0.25, 0.3) is 0 Å². The van der Waals surface area contributed by atoms with Crippen LogP contribution < -0.4 is 14.9 Å². The molecule has 0 aliphatic carbocycles. The fraction of sp³-hybridized carbons (Fsp3) is 0.364. The molecule has 0 heterocycles. The molecule has 0 saturated carbocycles. The van der Waals surface area contributed by atoms with Crippen LogP contribution in [-0.4, -0.2) is 39.1 Å². The SMILES string of the molecule is CCC(C(=O)Nc1ccccc1C(=O)NCC(C)C)N(c1ccc(F)cc1)S(C)(=O)=O. The third-order valence-corrected chi connectivity index (χ3v) is 5.69. The van der Waals surface area contributed by atoms with Gasteiger partial charge in [0.1, 0.15) is 11.9 Å². The number of sulfonamides is 1. The van der Waals surface area contributed by atoms with Gasteiger partial charge in [-0.2, -0.15) is 0 Å². The Hall–Kier alpha value is -2.94. The summed E-state index contributed by atoms with van der Waals surface area (Å²) in [5, 5.41) is 5.49. The summed E-state index contributed by atoms with van der Waals surface area (Å²) in [4.78, 5) is 25.6. The van der Waals surface area contributed by atoms with Gasteiger partial charge in [0.05, 0.1) is 23.2 Å². The van der Waals surface area contributed by atoms with Crippen molar-refractivity contribution in [3.63, 3.8) is 0 Å². The molecule has 1 unspecified atom stereocenters. The maximum absolute atomic E-state index is 13.3. The van der Waals surface area contributed by atoms with E-state index >= 15 is 0 Å². The Morgan fingerprint density at radius 1 is 1.06 bits per heavy atom. The fourth-order valence-electron chi connectivity index (χ4n) is 3.05. The average Bonchev–Trinajstić information content (AvgIpc) is 2.70. The first kappa shape index (κ1) is 24.3. The third kappa shape index (κ3) is 6.52. The summed E-state index contributed by atoms with van der Waals surface area (Å²) in [6.45, 7) is 6.09. The molecule has 0 aliphatic rings. The molecule has 0 aliphatic heterocycles. The largest absolute Gasteiger partial charge is 0.352 e. The highest BCUT2D eigenvalue weighted by Gasteiger charge is 2.32. The Balaban J connectivity index is 2.34. The number of amides is 2. The number of nitrogens with zero attached hydrogens (tertiary/aromatic N) is 1. The van der Waals surface area contributed by atoms with Crippen LogP contribution in [0.1, 0.15) is 37.6 Å². The second-order valence-electron chi connectivity index (χ2n) is 7.60. The van der Waals surface area contributed by atoms with E-state index in [0.717, 1.165) is 22.7 Å². The topological polar surface area (TPSA) is 95.6 Å². The predicted octanol–water partition coefficient (Wildman–Crippen LogP) is 3.39. The second-order valence-corrected chi connectivity index (χ2v) is 9.46. The molecule has 2 aromatic rings. The number of para-hydroxylation sites is 1. The lowest BCUT2D eigenvalue weighted by atomic mass is 10.1. The normalized spacial score (nSPS) is 12.3. The summed E-state index contributed by atoms with van der Waals surface area (Å²) >= 11 is 0. The Labute approximate surface area is 182 Å². The Bertz CT molecular complexity index is 1020. The number of nitrogens with one attached hydrogen (secondary N) is 2. The molecule has 2 rings (SSSR count). The maximum atomic E-state index is 13.3. The van der Waals surface area contributed by atoms with Crippen molar-refractivity contribution in [1.29, 1.82) is 0 Å². The van der Waals surface area contributed by atoms with Gasteiger partial charge in [-0.1, -0.05) is 32.9 Å². The number of carbonyl (C=O) groups excluding carboxylic acids is 2. The number of benzene rings is 2. The molecular formula is C22H28FN3O4S. The van der Waals surface area contributed by atoms with E-state index in [4.69, 9.17) is 0 Å². The van der Waals surface area contributed by atoms with Crippen LogP contribution in [0.5, 0.6) is 0 Å². The molecule has 9 heteroatoms. The monoisotopic (exact) mass is 449 g/mol. The zero-order chi connectivity index (χ0) is 23.2. The number of carbonyl (C=O) groups is 2. The van der Waals surface area contributed by atoms with Gasteiger partial charge in [-0.15, -0.1) is 0 Å². The van der Waals surface area contributed by atoms with Gasteiger partial charge >= 0.3 is 0 Å². The van der Waals surface area contributed by atoms with E-state index in [1.165, 1.54) is 12.1 Å². The Morgan fingerprint density at radius 3 is 2.23 bits per heavy atom. The molecule has 0 aromatic heterocycles. The van der Waals surface area contributed by atoms with Crippen molar-refractivity contribution >= 4 is 33.2 Å². The molecule has 2 N–H and O–H groups in total. The lowest BCUT2D eigenvalue weighted by Gasteiger charge is -2.30. The zero-order valence-corrected chi connectivity index (χ0v) is 18.9. The number of halogens is 1. The van der Waals surface area contributed by atoms with Crippen LogP contribution in [0, 0.1) is 11.7 Å². The first-order valence-electron chi connectivity index (χ1n) is 9.97. The molecule has 0 saturated heterocycles. The molecule has 1 atom stereocenters. The van der Waals surface area contributed by atoms with Gasteiger partial charge in [0.2, 0.25) is 15.9 Å². The first-order chi connectivity index (χ1) is 14.5. The van der Waals surface area contributed by atoms with Gasteiger partial charge in [-0.05, 0) is 48.7 Å². The molecule has 2 aromatic carbocycles. The van der Waals surface area contributed by atoms with Gasteiger partial charge in [0.25, 0.3) is 5.91 Å². The van der Waals surface area contributed by atoms with Crippen LogP contribution in [-0.2, 0) is 14.8 Å². The van der Waals surface area contributed by atoms with Crippen molar-refractivity contribution in [2.24, 2.45) is 5.92 Å². The van der Waals surface area contributed by atoms with Gasteiger partial charge in [-0.25, -0.2) is 12.8 Å². The van der Waals surface area contributed by atoms with Crippen LogP contribution in [0.15, 0.2) is 48.5 Å². The zero-order valence-electron chi connectivity index (χ0n) is 18.1. The van der Waals surface area contributed by atoms with Crippen LogP contribution in [0.4, 0.5) is 15.8 Å². The minimum absolute atomic E-state index is 0.165. The van der Waals surface area contributed by atoms with Crippen molar-refractivity contribution in [1.82, 2.24) is 5.32 Å². The summed E-state index contributed by atoms with van der Waals surface area (Å²) in [6.07, 6.45) is 1.15. The minimum Gasteiger partial charge on any atom is -0.352 e. The van der Waals surface area contributed by atoms with Crippen LogP contribution >= 0.6 is 0 Å². The predicted molar refractivity (Wildman–Crippen MR) is 120 cm³/mol. The van der Waals surface area contributed by atoms with Crippen LogP contribution in [0.2, 0.25) is 0 Å². The molecule has 2 amide bonds. The summed E-state index contributed by atoms with van der Waals surface area (Å²) in [7, 11) is -3.85. The highest BCUT2D eigenvalue weighted by atomic mass is 32.2. The first-order valence-corrected chi connectivity index (χ1v) is 11.8. The number of rotatable bonds is 9. The van der Waals surface area contributed by atoms with E-state index in [1.54, 1.807) is 31.2 Å². The van der Waals surface area contributed by atoms with E-state index in [9.17, 15) is 22.4 Å².